The molecule has 0 aliphatic heterocycles. The van der Waals surface area contributed by atoms with Crippen LogP contribution in [0.2, 0.25) is 0 Å². The Morgan fingerprint density at radius 1 is 1.50 bits per heavy atom. The van der Waals surface area contributed by atoms with E-state index in [0.717, 1.165) is 24.1 Å². The van der Waals surface area contributed by atoms with Crippen molar-refractivity contribution in [3.63, 3.8) is 0 Å². The number of hydrazine groups is 1. The normalized spacial score (nSPS) is 21.9. The van der Waals surface area contributed by atoms with Gasteiger partial charge < -0.3 is 16.5 Å². The molecule has 2 heterocycles. The van der Waals surface area contributed by atoms with Crippen LogP contribution < -0.4 is 17.3 Å². The molecule has 6 N–H and O–H groups in total. The van der Waals surface area contributed by atoms with Gasteiger partial charge >= 0.3 is 0 Å². The molecule has 1 aliphatic rings. The number of nitrogens with two attached hydrogens (primary N) is 3. The molecule has 22 heavy (non-hydrogen) atoms. The number of nitrogens with zero attached hydrogens (tertiary/aromatic N) is 3. The van der Waals surface area contributed by atoms with Crippen molar-refractivity contribution in [2.45, 2.75) is 38.6 Å². The van der Waals surface area contributed by atoms with E-state index >= 15 is 0 Å². The van der Waals surface area contributed by atoms with E-state index in [0.29, 0.717) is 18.7 Å². The van der Waals surface area contributed by atoms with Gasteiger partial charge in [0.2, 0.25) is 0 Å². The molecule has 3 rings (SSSR count). The van der Waals surface area contributed by atoms with Gasteiger partial charge in [-0.2, -0.15) is 5.10 Å². The quantitative estimate of drug-likeness (QED) is 0.576. The van der Waals surface area contributed by atoms with Gasteiger partial charge in [-0.05, 0) is 38.3 Å². The van der Waals surface area contributed by atoms with Gasteiger partial charge in [-0.1, -0.05) is 6.07 Å². The average molecular weight is 300 g/mol. The molecule has 0 saturated carbocycles. The third kappa shape index (κ3) is 2.44. The highest BCUT2D eigenvalue weighted by Crippen LogP contribution is 2.32. The fraction of sp³-hybridized carbons (Fsp3) is 0.438. The van der Waals surface area contributed by atoms with Crippen LogP contribution in [-0.2, 0) is 12.8 Å². The number of fused-ring (bicyclic) bond motifs is 3. The van der Waals surface area contributed by atoms with Gasteiger partial charge in [-0.15, -0.1) is 0 Å². The zero-order valence-electron chi connectivity index (χ0n) is 13.2. The maximum absolute atomic E-state index is 6.59. The number of hydrogen-bond acceptors (Lipinski definition) is 5. The van der Waals surface area contributed by atoms with Crippen LogP contribution in [0.25, 0.3) is 5.52 Å². The van der Waals surface area contributed by atoms with Crippen LogP contribution in [0.4, 0.5) is 0 Å². The Morgan fingerprint density at radius 3 is 3.00 bits per heavy atom. The van der Waals surface area contributed by atoms with Gasteiger partial charge in [0.1, 0.15) is 0 Å². The highest BCUT2D eigenvalue weighted by molar-refractivity contribution is 5.59. The Hall–Kier alpha value is -2.05. The summed E-state index contributed by atoms with van der Waals surface area (Å²) in [7, 11) is 0. The molecule has 1 unspecified atom stereocenters. The molecule has 0 fully saturated rings. The van der Waals surface area contributed by atoms with Crippen LogP contribution in [0.15, 0.2) is 30.2 Å². The largest absolute Gasteiger partial charge is 0.399 e. The zero-order valence-corrected chi connectivity index (χ0v) is 13.2. The predicted molar refractivity (Wildman–Crippen MR) is 87.7 cm³/mol. The standard InChI is InChI=1S/C16H24N6/c1-3-21(19)10-15(17)16(18)7-6-13-12(8-16)14-5-4-11(2)9-22(14)20-13/h4-5,9-10H,3,6-8,17-19H2,1-2H3/b15-10-. The summed E-state index contributed by atoms with van der Waals surface area (Å²) in [6.07, 6.45) is 6.10. The minimum absolute atomic E-state index is 0.561. The van der Waals surface area contributed by atoms with Gasteiger partial charge in [0.25, 0.3) is 0 Å². The van der Waals surface area contributed by atoms with Crippen molar-refractivity contribution in [3.8, 4) is 0 Å². The first-order valence-corrected chi connectivity index (χ1v) is 7.67. The van der Waals surface area contributed by atoms with Crippen molar-refractivity contribution in [1.29, 1.82) is 0 Å². The average Bonchev–Trinajstić information content (AvgIpc) is 2.83. The third-order valence-corrected chi connectivity index (χ3v) is 4.51. The maximum atomic E-state index is 6.59. The molecule has 6 heteroatoms. The van der Waals surface area contributed by atoms with Crippen LogP contribution in [0.5, 0.6) is 0 Å². The molecule has 1 aliphatic carbocycles. The number of rotatable bonds is 3. The topological polar surface area (TPSA) is 98.6 Å². The molecule has 0 aromatic carbocycles. The highest BCUT2D eigenvalue weighted by atomic mass is 15.4. The summed E-state index contributed by atoms with van der Waals surface area (Å²) in [5.74, 6) is 5.83. The Bertz CT molecular complexity index is 732. The van der Waals surface area contributed by atoms with E-state index < -0.39 is 5.54 Å². The monoisotopic (exact) mass is 300 g/mol. The van der Waals surface area contributed by atoms with E-state index in [9.17, 15) is 0 Å². The summed E-state index contributed by atoms with van der Waals surface area (Å²) in [4.78, 5) is 0. The second kappa shape index (κ2) is 5.30. The first-order valence-electron chi connectivity index (χ1n) is 7.67. The van der Waals surface area contributed by atoms with Gasteiger partial charge in [-0.25, -0.2) is 10.4 Å². The molecule has 0 radical (unpaired) electrons. The Labute approximate surface area is 130 Å². The summed E-state index contributed by atoms with van der Waals surface area (Å²) in [5.41, 5.74) is 17.5. The molecule has 6 nitrogen and oxygen atoms in total. The van der Waals surface area contributed by atoms with E-state index in [2.05, 4.69) is 24.2 Å². The minimum atomic E-state index is -0.561. The van der Waals surface area contributed by atoms with Gasteiger partial charge in [0.05, 0.1) is 16.7 Å². The first-order chi connectivity index (χ1) is 10.4. The molecular weight excluding hydrogens is 276 g/mol. The van der Waals surface area contributed by atoms with E-state index in [1.54, 1.807) is 11.2 Å². The van der Waals surface area contributed by atoms with E-state index in [4.69, 9.17) is 17.3 Å². The Morgan fingerprint density at radius 2 is 2.27 bits per heavy atom. The highest BCUT2D eigenvalue weighted by Gasteiger charge is 2.35. The van der Waals surface area contributed by atoms with Gasteiger partial charge in [0.15, 0.2) is 0 Å². The van der Waals surface area contributed by atoms with Crippen molar-refractivity contribution in [3.05, 3.63) is 47.0 Å². The number of pyridine rings is 1. The van der Waals surface area contributed by atoms with Crippen LogP contribution in [0.1, 0.15) is 30.2 Å². The van der Waals surface area contributed by atoms with Crippen LogP contribution >= 0.6 is 0 Å². The second-order valence-electron chi connectivity index (χ2n) is 6.21. The lowest BCUT2D eigenvalue weighted by Crippen LogP contribution is -2.50. The zero-order chi connectivity index (χ0) is 15.9. The molecule has 0 bridgehead atoms. The molecule has 0 amide bonds. The molecular formula is C16H24N6. The maximum Gasteiger partial charge on any atom is 0.0697 e. The lowest BCUT2D eigenvalue weighted by Gasteiger charge is -2.34. The van der Waals surface area contributed by atoms with E-state index in [1.165, 1.54) is 11.1 Å². The minimum Gasteiger partial charge on any atom is -0.399 e. The molecule has 118 valence electrons. The Balaban J connectivity index is 1.99. The lowest BCUT2D eigenvalue weighted by molar-refractivity contribution is 0.380. The number of aromatic nitrogens is 2. The van der Waals surface area contributed by atoms with Gasteiger partial charge in [-0.3, -0.25) is 0 Å². The SMILES string of the molecule is CCN(N)/C=C(\N)C1(N)CCc2nn3cc(C)ccc3c2C1. The van der Waals surface area contributed by atoms with Crippen LogP contribution in [0, 0.1) is 6.92 Å². The van der Waals surface area contributed by atoms with E-state index in [-0.39, 0.29) is 0 Å². The van der Waals surface area contributed by atoms with Crippen molar-refractivity contribution in [2.75, 3.05) is 6.54 Å². The van der Waals surface area contributed by atoms with Crippen LogP contribution in [0.3, 0.4) is 0 Å². The fourth-order valence-corrected chi connectivity index (χ4v) is 3.04. The predicted octanol–water partition coefficient (Wildman–Crippen LogP) is 0.825. The number of aryl methyl sites for hydroxylation is 2. The Kier molecular flexibility index (Phi) is 3.58. The van der Waals surface area contributed by atoms with Crippen molar-refractivity contribution >= 4 is 5.52 Å². The first kappa shape index (κ1) is 14.9. The molecule has 2 aromatic rings. The molecule has 0 spiro atoms. The van der Waals surface area contributed by atoms with Gasteiger partial charge in [0, 0.05) is 36.6 Å². The summed E-state index contributed by atoms with van der Waals surface area (Å²) in [6, 6.07) is 4.20. The molecule has 0 saturated heterocycles. The van der Waals surface area contributed by atoms with Crippen molar-refractivity contribution in [2.24, 2.45) is 17.3 Å². The second-order valence-corrected chi connectivity index (χ2v) is 6.21. The van der Waals surface area contributed by atoms with Crippen molar-refractivity contribution < 1.29 is 0 Å². The lowest BCUT2D eigenvalue weighted by atomic mass is 9.79. The molecule has 2 aromatic heterocycles. The third-order valence-electron chi connectivity index (χ3n) is 4.51. The smallest absolute Gasteiger partial charge is 0.0697 e. The van der Waals surface area contributed by atoms with Crippen molar-refractivity contribution in [1.82, 2.24) is 14.6 Å². The fourth-order valence-electron chi connectivity index (χ4n) is 3.04. The summed E-state index contributed by atoms with van der Waals surface area (Å²) < 4.78 is 1.95. The summed E-state index contributed by atoms with van der Waals surface area (Å²) >= 11 is 0. The summed E-state index contributed by atoms with van der Waals surface area (Å²) in [6.45, 7) is 4.73. The summed E-state index contributed by atoms with van der Waals surface area (Å²) in [5, 5.41) is 6.25. The molecule has 1 atom stereocenters. The van der Waals surface area contributed by atoms with E-state index in [1.807, 2.05) is 17.6 Å². The van der Waals surface area contributed by atoms with Crippen LogP contribution in [-0.4, -0.2) is 26.7 Å². The number of hydrogen-bond donors (Lipinski definition) is 3.